The fraction of sp³-hybridized carbons (Fsp3) is 0.316. The van der Waals surface area contributed by atoms with Gasteiger partial charge in [-0.15, -0.1) is 0 Å². The summed E-state index contributed by atoms with van der Waals surface area (Å²) in [7, 11) is 0. The van der Waals surface area contributed by atoms with Crippen LogP contribution in [-0.2, 0) is 22.5 Å². The highest BCUT2D eigenvalue weighted by atomic mass is 19.1. The molecule has 3 N–H and O–H groups in total. The molecule has 0 spiro atoms. The number of aryl methyl sites for hydroxylation is 1. The predicted octanol–water partition coefficient (Wildman–Crippen LogP) is 3.58. The van der Waals surface area contributed by atoms with Gasteiger partial charge in [-0.2, -0.15) is 0 Å². The molecule has 1 aliphatic rings. The Morgan fingerprint density at radius 3 is 2.62 bits per heavy atom. The number of nitrogens with one attached hydrogen (secondary N) is 1. The number of nitrogen functional groups attached to an aromatic ring is 1. The minimum Gasteiger partial charge on any atom is -0.462 e. The van der Waals surface area contributed by atoms with Crippen LogP contribution in [0.3, 0.4) is 0 Å². The van der Waals surface area contributed by atoms with Gasteiger partial charge in [0.1, 0.15) is 6.10 Å². The lowest BCUT2D eigenvalue weighted by Gasteiger charge is -2.12. The zero-order valence-electron chi connectivity index (χ0n) is 13.6. The highest BCUT2D eigenvalue weighted by Crippen LogP contribution is 2.27. The number of anilines is 2. The molecular formula is C19H21FN2O2. The molecule has 2 aromatic carbocycles. The van der Waals surface area contributed by atoms with Gasteiger partial charge in [0.05, 0.1) is 17.8 Å². The summed E-state index contributed by atoms with van der Waals surface area (Å²) < 4.78 is 19.6. The van der Waals surface area contributed by atoms with Crippen molar-refractivity contribution in [2.24, 2.45) is 0 Å². The third-order valence-corrected chi connectivity index (χ3v) is 4.03. The van der Waals surface area contributed by atoms with E-state index in [1.807, 2.05) is 31.2 Å². The van der Waals surface area contributed by atoms with Crippen molar-refractivity contribution in [2.75, 3.05) is 11.1 Å². The van der Waals surface area contributed by atoms with Gasteiger partial charge in [0, 0.05) is 6.54 Å². The van der Waals surface area contributed by atoms with E-state index in [4.69, 9.17) is 10.5 Å². The summed E-state index contributed by atoms with van der Waals surface area (Å²) in [5, 5.41) is 3.04. The molecule has 24 heavy (non-hydrogen) atoms. The van der Waals surface area contributed by atoms with Crippen LogP contribution in [0.4, 0.5) is 15.8 Å². The zero-order valence-corrected chi connectivity index (χ0v) is 13.6. The van der Waals surface area contributed by atoms with Gasteiger partial charge in [-0.1, -0.05) is 35.9 Å². The van der Waals surface area contributed by atoms with E-state index in [9.17, 15) is 9.18 Å². The number of rotatable bonds is 6. The van der Waals surface area contributed by atoms with Crippen LogP contribution in [0.5, 0.6) is 0 Å². The Morgan fingerprint density at radius 1 is 1.25 bits per heavy atom. The number of nitrogens with two attached hydrogens (primary N) is 1. The van der Waals surface area contributed by atoms with E-state index < -0.39 is 5.82 Å². The van der Waals surface area contributed by atoms with Crippen molar-refractivity contribution in [3.8, 4) is 0 Å². The van der Waals surface area contributed by atoms with E-state index in [1.54, 1.807) is 12.1 Å². The highest BCUT2D eigenvalue weighted by Gasteiger charge is 2.26. The number of hydrogen-bond donors (Lipinski definition) is 2. The Labute approximate surface area is 140 Å². The molecule has 1 aliphatic carbocycles. The van der Waals surface area contributed by atoms with Crippen molar-refractivity contribution in [1.82, 2.24) is 0 Å². The molecule has 0 heterocycles. The van der Waals surface area contributed by atoms with Crippen molar-refractivity contribution >= 4 is 17.3 Å². The van der Waals surface area contributed by atoms with Crippen LogP contribution in [-0.4, -0.2) is 12.1 Å². The number of carbonyl (C=O) groups is 1. The fourth-order valence-corrected chi connectivity index (χ4v) is 2.40. The molecule has 126 valence electrons. The summed E-state index contributed by atoms with van der Waals surface area (Å²) in [5.41, 5.74) is 8.85. The van der Waals surface area contributed by atoms with Crippen LogP contribution in [0, 0.1) is 12.7 Å². The zero-order chi connectivity index (χ0) is 17.1. The van der Waals surface area contributed by atoms with E-state index >= 15 is 0 Å². The third kappa shape index (κ3) is 4.04. The number of ether oxygens (including phenoxy) is 1. The Bertz CT molecular complexity index is 740. The lowest BCUT2D eigenvalue weighted by atomic mass is 10.1. The van der Waals surface area contributed by atoms with Crippen LogP contribution >= 0.6 is 0 Å². The Kier molecular flexibility index (Phi) is 4.69. The smallest absolute Gasteiger partial charge is 0.310 e. The maximum Gasteiger partial charge on any atom is 0.310 e. The second kappa shape index (κ2) is 6.91. The molecule has 1 saturated carbocycles. The Hall–Kier alpha value is -2.56. The normalized spacial score (nSPS) is 13.6. The molecule has 3 rings (SSSR count). The van der Waals surface area contributed by atoms with Crippen LogP contribution < -0.4 is 11.1 Å². The van der Waals surface area contributed by atoms with Crippen molar-refractivity contribution in [3.63, 3.8) is 0 Å². The molecule has 0 aliphatic heterocycles. The first-order chi connectivity index (χ1) is 11.5. The van der Waals surface area contributed by atoms with Gasteiger partial charge >= 0.3 is 5.97 Å². The second-order valence-electron chi connectivity index (χ2n) is 6.21. The van der Waals surface area contributed by atoms with Gasteiger partial charge in [-0.05, 0) is 37.0 Å². The highest BCUT2D eigenvalue weighted by molar-refractivity contribution is 5.76. The monoisotopic (exact) mass is 328 g/mol. The number of hydrogen-bond acceptors (Lipinski definition) is 4. The standard InChI is InChI=1S/C19H21FN2O2/c1-12-2-4-13(5-3-12)11-22-16-9-6-14(19(21)18(16)20)10-17(23)24-15-7-8-15/h2-6,9,15,22H,7-8,10-11,21H2,1H3. The molecule has 0 radical (unpaired) electrons. The van der Waals surface area contributed by atoms with Gasteiger partial charge in [-0.3, -0.25) is 4.79 Å². The lowest BCUT2D eigenvalue weighted by molar-refractivity contribution is -0.144. The third-order valence-electron chi connectivity index (χ3n) is 4.03. The first-order valence-electron chi connectivity index (χ1n) is 8.08. The molecule has 0 unspecified atom stereocenters. The van der Waals surface area contributed by atoms with Crippen molar-refractivity contribution in [1.29, 1.82) is 0 Å². The average Bonchev–Trinajstić information content (AvgIpc) is 3.36. The van der Waals surface area contributed by atoms with E-state index in [0.29, 0.717) is 17.8 Å². The number of benzene rings is 2. The summed E-state index contributed by atoms with van der Waals surface area (Å²) >= 11 is 0. The maximum absolute atomic E-state index is 14.4. The van der Waals surface area contributed by atoms with Crippen LogP contribution in [0.15, 0.2) is 36.4 Å². The second-order valence-corrected chi connectivity index (χ2v) is 6.21. The summed E-state index contributed by atoms with van der Waals surface area (Å²) in [6, 6.07) is 11.3. The molecule has 0 amide bonds. The largest absolute Gasteiger partial charge is 0.462 e. The topological polar surface area (TPSA) is 64.3 Å². The van der Waals surface area contributed by atoms with Crippen molar-refractivity contribution in [3.05, 3.63) is 58.9 Å². The number of carbonyl (C=O) groups excluding carboxylic acids is 1. The fourth-order valence-electron chi connectivity index (χ4n) is 2.40. The molecule has 0 atom stereocenters. The lowest BCUT2D eigenvalue weighted by Crippen LogP contribution is -2.12. The van der Waals surface area contributed by atoms with E-state index in [-0.39, 0.29) is 24.2 Å². The van der Waals surface area contributed by atoms with E-state index in [1.165, 1.54) is 5.56 Å². The SMILES string of the molecule is Cc1ccc(CNc2ccc(CC(=O)OC3CC3)c(N)c2F)cc1. The average molecular weight is 328 g/mol. The molecule has 1 fully saturated rings. The molecule has 4 nitrogen and oxygen atoms in total. The van der Waals surface area contributed by atoms with E-state index in [0.717, 1.165) is 18.4 Å². The Morgan fingerprint density at radius 2 is 1.96 bits per heavy atom. The van der Waals surface area contributed by atoms with Crippen LogP contribution in [0.1, 0.15) is 29.5 Å². The molecule has 2 aromatic rings. The van der Waals surface area contributed by atoms with Crippen molar-refractivity contribution < 1.29 is 13.9 Å². The summed E-state index contributed by atoms with van der Waals surface area (Å²) in [4.78, 5) is 11.7. The molecular weight excluding hydrogens is 307 g/mol. The number of halogens is 1. The Balaban J connectivity index is 1.65. The minimum absolute atomic E-state index is 0.00248. The molecule has 5 heteroatoms. The van der Waals surface area contributed by atoms with Gasteiger partial charge in [-0.25, -0.2) is 4.39 Å². The molecule has 0 bridgehead atoms. The van der Waals surface area contributed by atoms with Crippen molar-refractivity contribution in [2.45, 2.75) is 38.8 Å². The van der Waals surface area contributed by atoms with Gasteiger partial charge < -0.3 is 15.8 Å². The van der Waals surface area contributed by atoms with E-state index in [2.05, 4.69) is 5.32 Å². The van der Waals surface area contributed by atoms with Crippen LogP contribution in [0.25, 0.3) is 0 Å². The molecule has 0 aromatic heterocycles. The molecule has 0 saturated heterocycles. The first-order valence-corrected chi connectivity index (χ1v) is 8.08. The quantitative estimate of drug-likeness (QED) is 0.628. The first kappa shape index (κ1) is 16.3. The van der Waals surface area contributed by atoms with Gasteiger partial charge in [0.25, 0.3) is 0 Å². The van der Waals surface area contributed by atoms with Crippen LogP contribution in [0.2, 0.25) is 0 Å². The number of esters is 1. The summed E-state index contributed by atoms with van der Waals surface area (Å²) in [6.07, 6.45) is 1.87. The summed E-state index contributed by atoms with van der Waals surface area (Å²) in [6.45, 7) is 2.52. The van der Waals surface area contributed by atoms with Gasteiger partial charge in [0.2, 0.25) is 0 Å². The summed E-state index contributed by atoms with van der Waals surface area (Å²) in [5.74, 6) is -0.886. The minimum atomic E-state index is -0.529. The predicted molar refractivity (Wildman–Crippen MR) is 92.1 cm³/mol. The van der Waals surface area contributed by atoms with Gasteiger partial charge in [0.15, 0.2) is 5.82 Å². The maximum atomic E-state index is 14.4.